The molecule has 0 saturated heterocycles. The number of halogens is 1. The molecule has 7 nitrogen and oxygen atoms in total. The van der Waals surface area contributed by atoms with Crippen LogP contribution in [0.4, 0.5) is 0 Å². The van der Waals surface area contributed by atoms with Gasteiger partial charge in [0.1, 0.15) is 29.5 Å². The molecule has 1 aliphatic rings. The molecule has 178 valence electrons. The van der Waals surface area contributed by atoms with Gasteiger partial charge in [-0.2, -0.15) is 11.8 Å². The Hall–Kier alpha value is -2.45. The van der Waals surface area contributed by atoms with E-state index in [1.807, 2.05) is 4.57 Å². The molecule has 0 saturated carbocycles. The first-order valence-electron chi connectivity index (χ1n) is 10.7. The maximum atomic E-state index is 12.7. The van der Waals surface area contributed by atoms with Crippen LogP contribution in [0.5, 0.6) is 11.5 Å². The Kier molecular flexibility index (Phi) is 8.48. The van der Waals surface area contributed by atoms with Crippen LogP contribution in [0, 0.1) is 5.92 Å². The lowest BCUT2D eigenvalue weighted by molar-refractivity contribution is -0.114. The number of carbonyl (C=O) groups is 2. The van der Waals surface area contributed by atoms with Gasteiger partial charge in [-0.1, -0.05) is 25.4 Å². The van der Waals surface area contributed by atoms with Crippen LogP contribution in [0.25, 0.3) is 11.3 Å². The summed E-state index contributed by atoms with van der Waals surface area (Å²) in [6.45, 7) is 6.48. The number of hydrogen-bond acceptors (Lipinski definition) is 7. The number of ether oxygens (including phenoxy) is 3. The molecule has 0 spiro atoms. The lowest BCUT2D eigenvalue weighted by Crippen LogP contribution is -2.26. The van der Waals surface area contributed by atoms with Gasteiger partial charge >= 0.3 is 5.97 Å². The number of ketones is 1. The number of nitrogens with zero attached hydrogens (tertiary/aromatic N) is 1. The van der Waals surface area contributed by atoms with Crippen molar-refractivity contribution in [3.05, 3.63) is 45.2 Å². The van der Waals surface area contributed by atoms with E-state index >= 15 is 0 Å². The van der Waals surface area contributed by atoms with Crippen molar-refractivity contribution >= 4 is 35.1 Å². The minimum absolute atomic E-state index is 0.0240. The Morgan fingerprint density at radius 2 is 2.06 bits per heavy atom. The third kappa shape index (κ3) is 5.92. The van der Waals surface area contributed by atoms with E-state index in [1.54, 1.807) is 37.0 Å². The van der Waals surface area contributed by atoms with Crippen LogP contribution in [-0.2, 0) is 9.53 Å². The number of methoxy groups -OCH3 is 1. The minimum atomic E-state index is -0.675. The van der Waals surface area contributed by atoms with E-state index in [0.717, 1.165) is 12.2 Å². The van der Waals surface area contributed by atoms with Crippen molar-refractivity contribution in [2.75, 3.05) is 31.8 Å². The Bertz CT molecular complexity index is 1100. The number of Topliss-reactive ketones (excluding diaryl/α,β-unsaturated/α-hetero) is 1. The molecule has 0 fully saturated rings. The van der Waals surface area contributed by atoms with Crippen LogP contribution in [0.15, 0.2) is 29.2 Å². The van der Waals surface area contributed by atoms with Gasteiger partial charge in [-0.25, -0.2) is 4.79 Å². The highest BCUT2D eigenvalue weighted by atomic mass is 35.5. The Morgan fingerprint density at radius 1 is 1.30 bits per heavy atom. The highest BCUT2D eigenvalue weighted by Crippen LogP contribution is 2.42. The first-order valence-corrected chi connectivity index (χ1v) is 12.3. The summed E-state index contributed by atoms with van der Waals surface area (Å²) in [5.74, 6) is 2.02. The zero-order chi connectivity index (χ0) is 24.1. The lowest BCUT2D eigenvalue weighted by Gasteiger charge is -2.24. The molecule has 33 heavy (non-hydrogen) atoms. The molecule has 0 radical (unpaired) electrons. The number of esters is 1. The molecule has 2 heterocycles. The zero-order valence-corrected chi connectivity index (χ0v) is 20.8. The van der Waals surface area contributed by atoms with Crippen LogP contribution >= 0.6 is 23.4 Å². The summed E-state index contributed by atoms with van der Waals surface area (Å²) in [4.78, 5) is 35.8. The smallest absolute Gasteiger partial charge is 0.343 e. The van der Waals surface area contributed by atoms with E-state index in [1.165, 1.54) is 13.2 Å². The van der Waals surface area contributed by atoms with Gasteiger partial charge in [0.05, 0.1) is 36.2 Å². The van der Waals surface area contributed by atoms with E-state index in [0.29, 0.717) is 46.7 Å². The summed E-state index contributed by atoms with van der Waals surface area (Å²) >= 11 is 8.09. The number of aromatic nitrogens is 1. The average Bonchev–Trinajstić information content (AvgIpc) is 2.91. The summed E-state index contributed by atoms with van der Waals surface area (Å²) in [7, 11) is 1.25. The van der Waals surface area contributed by atoms with E-state index in [9.17, 15) is 14.4 Å². The third-order valence-electron chi connectivity index (χ3n) is 5.33. The normalized spacial score (nSPS) is 14.7. The van der Waals surface area contributed by atoms with Crippen LogP contribution in [0.2, 0.25) is 5.02 Å². The second-order valence-electron chi connectivity index (χ2n) is 8.19. The Labute approximate surface area is 202 Å². The molecule has 3 rings (SSSR count). The molecular formula is C24H28ClNO6S. The summed E-state index contributed by atoms with van der Waals surface area (Å²) in [5.41, 5.74) is 0.820. The highest BCUT2D eigenvalue weighted by Gasteiger charge is 2.28. The second kappa shape index (κ2) is 11.1. The van der Waals surface area contributed by atoms with Gasteiger partial charge in [-0.3, -0.25) is 9.59 Å². The van der Waals surface area contributed by atoms with Crippen LogP contribution < -0.4 is 14.9 Å². The predicted molar refractivity (Wildman–Crippen MR) is 130 cm³/mol. The molecule has 0 N–H and O–H groups in total. The molecule has 0 aliphatic carbocycles. The average molecular weight is 494 g/mol. The maximum Gasteiger partial charge on any atom is 0.343 e. The summed E-state index contributed by atoms with van der Waals surface area (Å²) < 4.78 is 18.7. The highest BCUT2D eigenvalue weighted by molar-refractivity contribution is 7.99. The predicted octanol–water partition coefficient (Wildman–Crippen LogP) is 4.64. The Morgan fingerprint density at radius 3 is 2.73 bits per heavy atom. The number of rotatable bonds is 9. The largest absolute Gasteiger partial charge is 0.492 e. The number of pyridine rings is 1. The van der Waals surface area contributed by atoms with Crippen LogP contribution in [0.3, 0.4) is 0 Å². The lowest BCUT2D eigenvalue weighted by atomic mass is 10.0. The van der Waals surface area contributed by atoms with Crippen molar-refractivity contribution in [1.82, 2.24) is 4.57 Å². The van der Waals surface area contributed by atoms with Crippen molar-refractivity contribution < 1.29 is 23.8 Å². The third-order valence-corrected chi connectivity index (χ3v) is 6.81. The van der Waals surface area contributed by atoms with Crippen molar-refractivity contribution in [2.24, 2.45) is 5.92 Å². The van der Waals surface area contributed by atoms with Crippen LogP contribution in [-0.4, -0.2) is 48.1 Å². The molecule has 9 heteroatoms. The second-order valence-corrected chi connectivity index (χ2v) is 9.71. The van der Waals surface area contributed by atoms with Gasteiger partial charge < -0.3 is 18.8 Å². The summed E-state index contributed by atoms with van der Waals surface area (Å²) in [6, 6.07) is 4.78. The topological polar surface area (TPSA) is 83.8 Å². The molecular weight excluding hydrogens is 466 g/mol. The van der Waals surface area contributed by atoms with Crippen LogP contribution in [0.1, 0.15) is 43.6 Å². The van der Waals surface area contributed by atoms with Crippen molar-refractivity contribution in [3.63, 3.8) is 0 Å². The number of hydrogen-bond donors (Lipinski definition) is 0. The molecule has 1 atom stereocenters. The standard InChI is InChI=1S/C24H28ClNO6S/c1-14(2)20-12-32-22-10-23(31-6-5-7-33-13-15(3)27)18(25)8-16(22)19-9-21(28)17(11-26(19)20)24(29)30-4/h8-11,14,20H,5-7,12-13H2,1-4H3/t20-/m0/s1. The number of fused-ring (bicyclic) bond motifs is 3. The van der Waals surface area contributed by atoms with Gasteiger partial charge in [0.2, 0.25) is 0 Å². The van der Waals surface area contributed by atoms with Gasteiger partial charge in [-0.15, -0.1) is 0 Å². The maximum absolute atomic E-state index is 12.7. The molecule has 0 amide bonds. The fourth-order valence-corrected chi connectivity index (χ4v) is 4.57. The molecule has 0 unspecified atom stereocenters. The molecule has 2 aromatic rings. The molecule has 1 aromatic carbocycles. The fraction of sp³-hybridized carbons (Fsp3) is 0.458. The van der Waals surface area contributed by atoms with Crippen molar-refractivity contribution in [1.29, 1.82) is 0 Å². The van der Waals surface area contributed by atoms with Gasteiger partial charge in [0.25, 0.3) is 0 Å². The van der Waals surface area contributed by atoms with Gasteiger partial charge in [0.15, 0.2) is 5.43 Å². The molecule has 0 bridgehead atoms. The fourth-order valence-electron chi connectivity index (χ4n) is 3.60. The van der Waals surface area contributed by atoms with E-state index < -0.39 is 11.4 Å². The zero-order valence-electron chi connectivity index (χ0n) is 19.2. The first kappa shape index (κ1) is 25.2. The Balaban J connectivity index is 1.92. The number of benzene rings is 1. The SMILES string of the molecule is COC(=O)c1cn2c(cc1=O)-c1cc(Cl)c(OCCCSCC(C)=O)cc1OC[C@H]2C(C)C. The monoisotopic (exact) mass is 493 g/mol. The number of carbonyl (C=O) groups excluding carboxylic acids is 2. The van der Waals surface area contributed by atoms with E-state index in [4.69, 9.17) is 25.8 Å². The molecule has 1 aliphatic heterocycles. The van der Waals surface area contributed by atoms with Crippen molar-refractivity contribution in [2.45, 2.75) is 33.2 Å². The van der Waals surface area contributed by atoms with Gasteiger partial charge in [-0.05, 0) is 31.1 Å². The van der Waals surface area contributed by atoms with Gasteiger partial charge in [0, 0.05) is 23.9 Å². The number of thioether (sulfide) groups is 1. The summed E-state index contributed by atoms with van der Waals surface area (Å²) in [5, 5.41) is 0.396. The minimum Gasteiger partial charge on any atom is -0.492 e. The first-order chi connectivity index (χ1) is 15.7. The van der Waals surface area contributed by atoms with E-state index in [-0.39, 0.29) is 23.3 Å². The summed E-state index contributed by atoms with van der Waals surface area (Å²) in [6.07, 6.45) is 2.32. The quantitative estimate of drug-likeness (QED) is 0.371. The van der Waals surface area contributed by atoms with Crippen molar-refractivity contribution in [3.8, 4) is 22.8 Å². The van der Waals surface area contributed by atoms with E-state index in [2.05, 4.69) is 13.8 Å². The molecule has 1 aromatic heterocycles.